The Balaban J connectivity index is 1.46. The molecule has 0 fully saturated rings. The first-order valence-corrected chi connectivity index (χ1v) is 14.0. The summed E-state index contributed by atoms with van der Waals surface area (Å²) >= 11 is 0.942. The van der Waals surface area contributed by atoms with E-state index in [2.05, 4.69) is 9.84 Å². The van der Waals surface area contributed by atoms with Crippen molar-refractivity contribution in [2.24, 2.45) is 0 Å². The van der Waals surface area contributed by atoms with Gasteiger partial charge in [0.15, 0.2) is 5.69 Å². The maximum atomic E-state index is 14.1. The summed E-state index contributed by atoms with van der Waals surface area (Å²) in [5, 5.41) is 12.5. The summed E-state index contributed by atoms with van der Waals surface area (Å²) in [6.07, 6.45) is -3.65. The molecule has 1 aliphatic carbocycles. The van der Waals surface area contributed by atoms with Gasteiger partial charge in [-0.25, -0.2) is 9.48 Å². The van der Waals surface area contributed by atoms with Gasteiger partial charge in [0.05, 0.1) is 34.2 Å². The van der Waals surface area contributed by atoms with Crippen LogP contribution in [0.3, 0.4) is 0 Å². The number of aromatic carboxylic acids is 1. The number of halogens is 5. The highest BCUT2D eigenvalue weighted by molar-refractivity contribution is 7.95. The molecule has 0 bridgehead atoms. The lowest BCUT2D eigenvalue weighted by Crippen LogP contribution is -2.26. The van der Waals surface area contributed by atoms with Gasteiger partial charge in [0.2, 0.25) is 0 Å². The third kappa shape index (κ3) is 6.64. The van der Waals surface area contributed by atoms with Gasteiger partial charge in [0, 0.05) is 29.9 Å². The van der Waals surface area contributed by atoms with E-state index in [1.165, 1.54) is 89.4 Å². The predicted molar refractivity (Wildman–Crippen MR) is 152 cm³/mol. The third-order valence-electron chi connectivity index (χ3n) is 6.92. The minimum Gasteiger partial charge on any atom is -0.478 e. The maximum Gasteiger partial charge on any atom is 0.435 e. The molecule has 1 heterocycles. The molecular formula is C30H24F5N3O5S. The molecule has 230 valence electrons. The highest BCUT2D eigenvalue weighted by Gasteiger charge is 2.42. The molecule has 5 rings (SSSR count). The van der Waals surface area contributed by atoms with Crippen molar-refractivity contribution >= 4 is 29.6 Å². The molecular weight excluding hydrogens is 609 g/mol. The average molecular weight is 634 g/mol. The molecule has 1 unspecified atom stereocenters. The van der Waals surface area contributed by atoms with Gasteiger partial charge < -0.3 is 18.9 Å². The number of rotatable bonds is 9. The zero-order valence-electron chi connectivity index (χ0n) is 22.9. The number of ether oxygens (including phenoxy) is 1. The van der Waals surface area contributed by atoms with Crippen LogP contribution in [0.5, 0.6) is 11.5 Å². The van der Waals surface area contributed by atoms with E-state index >= 15 is 0 Å². The Labute approximate surface area is 252 Å². The summed E-state index contributed by atoms with van der Waals surface area (Å²) in [6.45, 7) is -3.05. The van der Waals surface area contributed by atoms with E-state index in [-0.39, 0.29) is 45.9 Å². The lowest BCUT2D eigenvalue weighted by Gasteiger charge is -2.24. The second kappa shape index (κ2) is 12.6. The normalized spacial score (nSPS) is 14.7. The highest BCUT2D eigenvalue weighted by Crippen LogP contribution is 2.46. The largest absolute Gasteiger partial charge is 0.478 e. The fraction of sp³-hybridized carbons (Fsp3) is 0.233. The molecule has 0 saturated carbocycles. The van der Waals surface area contributed by atoms with Gasteiger partial charge in [0.25, 0.3) is 5.91 Å². The first-order chi connectivity index (χ1) is 20.9. The molecule has 0 saturated heterocycles. The molecule has 0 spiro atoms. The first-order valence-electron chi connectivity index (χ1n) is 13.2. The van der Waals surface area contributed by atoms with E-state index in [1.807, 2.05) is 0 Å². The van der Waals surface area contributed by atoms with E-state index in [9.17, 15) is 31.5 Å². The van der Waals surface area contributed by atoms with Gasteiger partial charge in [-0.2, -0.15) is 27.1 Å². The van der Waals surface area contributed by atoms with Gasteiger partial charge >= 0.3 is 18.8 Å². The van der Waals surface area contributed by atoms with Gasteiger partial charge in [-0.05, 0) is 73.9 Å². The molecule has 4 aromatic rings. The van der Waals surface area contributed by atoms with E-state index < -0.39 is 35.6 Å². The Hall–Kier alpha value is -4.59. The topological polar surface area (TPSA) is 93.9 Å². The summed E-state index contributed by atoms with van der Waals surface area (Å²) < 4.78 is 79.1. The number of alkyl halides is 5. The van der Waals surface area contributed by atoms with Gasteiger partial charge in [-0.1, -0.05) is 12.1 Å². The fourth-order valence-electron chi connectivity index (χ4n) is 4.88. The summed E-state index contributed by atoms with van der Waals surface area (Å²) in [5.74, 6) is -1.46. The smallest absolute Gasteiger partial charge is 0.435 e. The van der Waals surface area contributed by atoms with Crippen molar-refractivity contribution in [2.45, 2.75) is 37.3 Å². The van der Waals surface area contributed by atoms with Gasteiger partial charge in [0.1, 0.15) is 11.5 Å². The first kappa shape index (κ1) is 30.9. The zero-order chi connectivity index (χ0) is 31.6. The number of anilines is 1. The fourth-order valence-corrected chi connectivity index (χ4v) is 5.81. The lowest BCUT2D eigenvalue weighted by atomic mass is 9.95. The molecule has 14 heteroatoms. The van der Waals surface area contributed by atoms with E-state index in [4.69, 9.17) is 9.29 Å². The summed E-state index contributed by atoms with van der Waals surface area (Å²) in [7, 11) is 1.43. The number of carbonyl (C=O) groups is 2. The van der Waals surface area contributed by atoms with Crippen LogP contribution in [0.1, 0.15) is 55.8 Å². The molecule has 0 aliphatic heterocycles. The zero-order valence-corrected chi connectivity index (χ0v) is 23.7. The third-order valence-corrected chi connectivity index (χ3v) is 7.90. The Bertz CT molecular complexity index is 1680. The average Bonchev–Trinajstić information content (AvgIpc) is 3.41. The molecule has 1 aliphatic rings. The number of carboxylic acids is 1. The number of amides is 1. The van der Waals surface area contributed by atoms with E-state index in [0.29, 0.717) is 18.6 Å². The number of carboxylic acid groups (broad SMARTS) is 1. The number of carbonyl (C=O) groups excluding carboxylic acids is 1. The second-order valence-corrected chi connectivity index (χ2v) is 10.7. The summed E-state index contributed by atoms with van der Waals surface area (Å²) in [6, 6.07) is 17.1. The van der Waals surface area contributed by atoms with Crippen LogP contribution < -0.4 is 13.8 Å². The van der Waals surface area contributed by atoms with Gasteiger partial charge in [-0.15, -0.1) is 0 Å². The number of hydrogen-bond acceptors (Lipinski definition) is 6. The number of benzene rings is 3. The highest BCUT2D eigenvalue weighted by atomic mass is 32.2. The van der Waals surface area contributed by atoms with Crippen LogP contribution in [-0.2, 0) is 12.6 Å². The summed E-state index contributed by atoms with van der Waals surface area (Å²) in [5.41, 5.74) is -0.0414. The van der Waals surface area contributed by atoms with Crippen LogP contribution in [0.15, 0.2) is 72.8 Å². The van der Waals surface area contributed by atoms with Crippen LogP contribution in [0, 0.1) is 0 Å². The van der Waals surface area contributed by atoms with Crippen LogP contribution in [-0.4, -0.2) is 40.4 Å². The molecule has 1 amide bonds. The molecule has 1 atom stereocenters. The minimum atomic E-state index is -4.73. The summed E-state index contributed by atoms with van der Waals surface area (Å²) in [4.78, 5) is 25.7. The second-order valence-electron chi connectivity index (χ2n) is 9.80. The minimum absolute atomic E-state index is 0.0377. The maximum absolute atomic E-state index is 14.1. The van der Waals surface area contributed by atoms with E-state index in [0.717, 1.165) is 12.0 Å². The Morgan fingerprint density at radius 3 is 2.43 bits per heavy atom. The van der Waals surface area contributed by atoms with Crippen LogP contribution in [0.2, 0.25) is 0 Å². The van der Waals surface area contributed by atoms with Crippen molar-refractivity contribution in [1.29, 1.82) is 0 Å². The molecule has 3 aromatic carbocycles. The molecule has 44 heavy (non-hydrogen) atoms. The van der Waals surface area contributed by atoms with Crippen LogP contribution >= 0.6 is 12.0 Å². The SMILES string of the molecule is CN(C(=O)c1cccc(-n2nc(C(F)(F)F)c3c2C(SOc2ccc(C(=O)O)cc2)CCC3)c1)c1cccc(OC(F)F)c1. The predicted octanol–water partition coefficient (Wildman–Crippen LogP) is 7.57. The standard InChI is InChI=1S/C30H24F5N3O5S/c1-37(19-6-3-8-22(16-19)42-29(31)32)27(39)18-5-2-7-20(15-18)38-25-23(26(36-38)30(33,34)35)9-4-10-24(25)44-43-21-13-11-17(12-14-21)28(40)41/h2-3,5-8,11-16,24,29H,4,9-10H2,1H3,(H,40,41). The molecule has 0 radical (unpaired) electrons. The van der Waals surface area contributed by atoms with Crippen molar-refractivity contribution in [3.05, 3.63) is 101 Å². The molecule has 8 nitrogen and oxygen atoms in total. The van der Waals surface area contributed by atoms with Crippen molar-refractivity contribution in [3.63, 3.8) is 0 Å². The number of aromatic nitrogens is 2. The van der Waals surface area contributed by atoms with Crippen molar-refractivity contribution in [3.8, 4) is 17.2 Å². The number of hydrogen-bond donors (Lipinski definition) is 1. The Kier molecular flexibility index (Phi) is 8.81. The van der Waals surface area contributed by atoms with Crippen molar-refractivity contribution in [1.82, 2.24) is 9.78 Å². The van der Waals surface area contributed by atoms with Crippen molar-refractivity contribution < 1.29 is 45.6 Å². The van der Waals surface area contributed by atoms with Crippen LogP contribution in [0.25, 0.3) is 5.69 Å². The quantitative estimate of drug-likeness (QED) is 0.150. The van der Waals surface area contributed by atoms with E-state index in [1.54, 1.807) is 0 Å². The lowest BCUT2D eigenvalue weighted by molar-refractivity contribution is -0.142. The Morgan fingerprint density at radius 1 is 1.02 bits per heavy atom. The number of fused-ring (bicyclic) bond motifs is 1. The monoisotopic (exact) mass is 633 g/mol. The Morgan fingerprint density at radius 2 is 1.75 bits per heavy atom. The van der Waals surface area contributed by atoms with Crippen LogP contribution in [0.4, 0.5) is 27.6 Å². The number of nitrogens with zero attached hydrogens (tertiary/aromatic N) is 3. The molecule has 1 aromatic heterocycles. The van der Waals surface area contributed by atoms with Gasteiger partial charge in [-0.3, -0.25) is 4.79 Å². The molecule has 1 N–H and O–H groups in total. The van der Waals surface area contributed by atoms with Crippen molar-refractivity contribution in [2.75, 3.05) is 11.9 Å².